The number of phenolic OH excluding ortho intramolecular Hbond substituents is 1. The molecule has 1 amide bonds. The molecule has 0 aromatic heterocycles. The lowest BCUT2D eigenvalue weighted by atomic mass is 9.91. The molecule has 1 heterocycles. The Kier molecular flexibility index (Phi) is 6.15. The van der Waals surface area contributed by atoms with E-state index in [-0.39, 0.29) is 23.0 Å². The number of carbonyl (C=O) groups is 2. The van der Waals surface area contributed by atoms with Gasteiger partial charge in [0.1, 0.15) is 5.75 Å². The number of anilines is 2. The van der Waals surface area contributed by atoms with Crippen LogP contribution < -0.4 is 9.80 Å². The number of rotatable bonds is 7. The normalized spacial score (nSPS) is 16.5. The molecule has 3 rings (SSSR count). The first-order valence-corrected chi connectivity index (χ1v) is 10.2. The maximum absolute atomic E-state index is 13.0. The summed E-state index contributed by atoms with van der Waals surface area (Å²) in [4.78, 5) is 29.6. The van der Waals surface area contributed by atoms with Gasteiger partial charge in [0, 0.05) is 30.4 Å². The molecule has 0 radical (unpaired) electrons. The molecule has 0 saturated heterocycles. The number of aliphatic hydroxyl groups excluding tert-OH is 1. The molecule has 1 atom stereocenters. The van der Waals surface area contributed by atoms with E-state index in [2.05, 4.69) is 18.7 Å². The number of Topliss-reactive ketones (excluding diaryl/α,β-unsaturated/α-hetero) is 1. The summed E-state index contributed by atoms with van der Waals surface area (Å²) in [6.45, 7) is 9.36. The lowest BCUT2D eigenvalue weighted by molar-refractivity contribution is -0.119. The highest BCUT2D eigenvalue weighted by Crippen LogP contribution is 2.42. The van der Waals surface area contributed by atoms with Crippen molar-refractivity contribution in [2.75, 3.05) is 22.9 Å². The average Bonchev–Trinajstić information content (AvgIpc) is 3.00. The molecule has 1 unspecified atom stereocenters. The van der Waals surface area contributed by atoms with Crippen molar-refractivity contribution >= 4 is 23.1 Å². The lowest BCUT2D eigenvalue weighted by Crippen LogP contribution is -2.31. The molecule has 2 N–H and O–H groups in total. The molecule has 0 fully saturated rings. The smallest absolute Gasteiger partial charge is 0.294 e. The minimum Gasteiger partial charge on any atom is -0.508 e. The Morgan fingerprint density at radius 3 is 2.07 bits per heavy atom. The van der Waals surface area contributed by atoms with Crippen LogP contribution in [0.1, 0.15) is 39.3 Å². The SMILES string of the molecule is CCN(CC)c1ccc(N2C(=O)C(O)=C(C(=O)C(C)C)C2c2ccc(O)cc2)cc1. The Hall–Kier alpha value is -3.28. The van der Waals surface area contributed by atoms with Crippen LogP contribution >= 0.6 is 0 Å². The van der Waals surface area contributed by atoms with Crippen molar-refractivity contribution in [3.05, 3.63) is 65.4 Å². The minimum atomic E-state index is -0.757. The van der Waals surface area contributed by atoms with Gasteiger partial charge in [-0.2, -0.15) is 0 Å². The van der Waals surface area contributed by atoms with Gasteiger partial charge in [0.15, 0.2) is 11.5 Å². The van der Waals surface area contributed by atoms with Gasteiger partial charge < -0.3 is 15.1 Å². The van der Waals surface area contributed by atoms with Crippen LogP contribution in [0, 0.1) is 5.92 Å². The summed E-state index contributed by atoms with van der Waals surface area (Å²) in [5.74, 6) is -1.68. The largest absolute Gasteiger partial charge is 0.508 e. The number of hydrogen-bond acceptors (Lipinski definition) is 5. The third-order valence-corrected chi connectivity index (χ3v) is 5.46. The van der Waals surface area contributed by atoms with Crippen molar-refractivity contribution in [2.45, 2.75) is 33.7 Å². The first-order chi connectivity index (χ1) is 14.3. The fraction of sp³-hybridized carbons (Fsp3) is 0.333. The molecule has 2 aromatic carbocycles. The Morgan fingerprint density at radius 2 is 1.57 bits per heavy atom. The maximum Gasteiger partial charge on any atom is 0.294 e. The predicted molar refractivity (Wildman–Crippen MR) is 118 cm³/mol. The minimum absolute atomic E-state index is 0.0862. The highest BCUT2D eigenvalue weighted by atomic mass is 16.3. The third kappa shape index (κ3) is 3.77. The quantitative estimate of drug-likeness (QED) is 0.711. The summed E-state index contributed by atoms with van der Waals surface area (Å²) in [7, 11) is 0. The second-order valence-corrected chi connectivity index (χ2v) is 7.64. The summed E-state index contributed by atoms with van der Waals surface area (Å²) in [5, 5.41) is 20.3. The van der Waals surface area contributed by atoms with Gasteiger partial charge in [0.25, 0.3) is 5.91 Å². The standard InChI is InChI=1S/C24H28N2O4/c1-5-25(6-2)17-9-11-18(12-10-17)26-21(16-7-13-19(27)14-8-16)20(22(28)15(3)4)23(29)24(26)30/h7-15,21,27,29H,5-6H2,1-4H3. The van der Waals surface area contributed by atoms with Gasteiger partial charge in [-0.1, -0.05) is 26.0 Å². The van der Waals surface area contributed by atoms with Crippen LogP contribution in [0.15, 0.2) is 59.9 Å². The molecule has 0 aliphatic carbocycles. The molecule has 0 bridgehead atoms. The average molecular weight is 408 g/mol. The van der Waals surface area contributed by atoms with Crippen molar-refractivity contribution < 1.29 is 19.8 Å². The van der Waals surface area contributed by atoms with Crippen molar-refractivity contribution in [3.63, 3.8) is 0 Å². The van der Waals surface area contributed by atoms with Crippen LogP contribution in [0.2, 0.25) is 0 Å². The fourth-order valence-corrected chi connectivity index (χ4v) is 3.82. The molecular formula is C24H28N2O4. The summed E-state index contributed by atoms with van der Waals surface area (Å²) in [6.07, 6.45) is 0. The number of nitrogens with zero attached hydrogens (tertiary/aromatic N) is 2. The fourth-order valence-electron chi connectivity index (χ4n) is 3.82. The van der Waals surface area contributed by atoms with E-state index in [4.69, 9.17) is 0 Å². The summed E-state index contributed by atoms with van der Waals surface area (Å²) in [5.41, 5.74) is 2.36. The Morgan fingerprint density at radius 1 is 1.00 bits per heavy atom. The first-order valence-electron chi connectivity index (χ1n) is 10.2. The number of ketones is 1. The van der Waals surface area contributed by atoms with Crippen molar-refractivity contribution in [3.8, 4) is 5.75 Å². The highest BCUT2D eigenvalue weighted by Gasteiger charge is 2.44. The Balaban J connectivity index is 2.09. The number of aliphatic hydroxyl groups is 1. The molecule has 6 heteroatoms. The van der Waals surface area contributed by atoms with Crippen LogP contribution in [-0.4, -0.2) is 35.0 Å². The van der Waals surface area contributed by atoms with E-state index in [1.165, 1.54) is 17.0 Å². The van der Waals surface area contributed by atoms with E-state index < -0.39 is 17.7 Å². The van der Waals surface area contributed by atoms with Gasteiger partial charge in [0.2, 0.25) is 0 Å². The van der Waals surface area contributed by atoms with Crippen LogP contribution in [-0.2, 0) is 9.59 Å². The second kappa shape index (κ2) is 8.61. The van der Waals surface area contributed by atoms with E-state index in [1.54, 1.807) is 26.0 Å². The first kappa shape index (κ1) is 21.4. The van der Waals surface area contributed by atoms with Gasteiger partial charge in [-0.3, -0.25) is 14.5 Å². The molecule has 2 aromatic rings. The number of carbonyl (C=O) groups excluding carboxylic acids is 2. The zero-order chi connectivity index (χ0) is 22.0. The van der Waals surface area contributed by atoms with Gasteiger partial charge in [0.05, 0.1) is 11.6 Å². The topological polar surface area (TPSA) is 81.1 Å². The van der Waals surface area contributed by atoms with Crippen LogP contribution in [0.25, 0.3) is 0 Å². The lowest BCUT2D eigenvalue weighted by Gasteiger charge is -2.28. The molecule has 6 nitrogen and oxygen atoms in total. The summed E-state index contributed by atoms with van der Waals surface area (Å²) >= 11 is 0. The van der Waals surface area contributed by atoms with Crippen LogP contribution in [0.3, 0.4) is 0 Å². The van der Waals surface area contributed by atoms with Gasteiger partial charge in [-0.25, -0.2) is 0 Å². The van der Waals surface area contributed by atoms with Crippen molar-refractivity contribution in [1.82, 2.24) is 0 Å². The monoisotopic (exact) mass is 408 g/mol. The van der Waals surface area contributed by atoms with Crippen LogP contribution in [0.5, 0.6) is 5.75 Å². The number of benzene rings is 2. The predicted octanol–water partition coefficient (Wildman–Crippen LogP) is 4.36. The number of hydrogen-bond donors (Lipinski definition) is 2. The van der Waals surface area contributed by atoms with Gasteiger partial charge >= 0.3 is 0 Å². The highest BCUT2D eigenvalue weighted by molar-refractivity contribution is 6.16. The van der Waals surface area contributed by atoms with Crippen LogP contribution in [0.4, 0.5) is 11.4 Å². The molecule has 0 saturated carbocycles. The molecule has 0 spiro atoms. The van der Waals surface area contributed by atoms with E-state index in [0.717, 1.165) is 18.8 Å². The number of amides is 1. The second-order valence-electron chi connectivity index (χ2n) is 7.64. The number of phenols is 1. The molecule has 1 aliphatic heterocycles. The Bertz CT molecular complexity index is 958. The van der Waals surface area contributed by atoms with E-state index in [0.29, 0.717) is 11.3 Å². The van der Waals surface area contributed by atoms with Crippen molar-refractivity contribution in [1.29, 1.82) is 0 Å². The van der Waals surface area contributed by atoms with E-state index in [9.17, 15) is 19.8 Å². The van der Waals surface area contributed by atoms with Gasteiger partial charge in [-0.05, 0) is 55.8 Å². The molecule has 158 valence electrons. The summed E-state index contributed by atoms with van der Waals surface area (Å²) < 4.78 is 0. The number of aromatic hydroxyl groups is 1. The zero-order valence-corrected chi connectivity index (χ0v) is 17.8. The van der Waals surface area contributed by atoms with E-state index >= 15 is 0 Å². The zero-order valence-electron chi connectivity index (χ0n) is 17.8. The third-order valence-electron chi connectivity index (χ3n) is 5.46. The Labute approximate surface area is 177 Å². The summed E-state index contributed by atoms with van der Waals surface area (Å²) in [6, 6.07) is 13.1. The van der Waals surface area contributed by atoms with Gasteiger partial charge in [-0.15, -0.1) is 0 Å². The molecule has 30 heavy (non-hydrogen) atoms. The molecular weight excluding hydrogens is 380 g/mol. The maximum atomic E-state index is 13.0. The molecule has 1 aliphatic rings. The van der Waals surface area contributed by atoms with E-state index in [1.807, 2.05) is 24.3 Å². The van der Waals surface area contributed by atoms with Crippen molar-refractivity contribution in [2.24, 2.45) is 5.92 Å².